The summed E-state index contributed by atoms with van der Waals surface area (Å²) in [5, 5.41) is 3.73. The number of rotatable bonds is 2. The van der Waals surface area contributed by atoms with Crippen LogP contribution in [0.4, 0.5) is 5.69 Å². The van der Waals surface area contributed by atoms with Crippen LogP contribution < -0.4 is 10.1 Å². The zero-order chi connectivity index (χ0) is 15.1. The zero-order valence-electron chi connectivity index (χ0n) is 13.0. The van der Waals surface area contributed by atoms with Crippen molar-refractivity contribution in [1.29, 1.82) is 0 Å². The highest BCUT2D eigenvalue weighted by molar-refractivity contribution is 5.58. The third kappa shape index (κ3) is 2.17. The van der Waals surface area contributed by atoms with Gasteiger partial charge in [0, 0.05) is 23.8 Å². The van der Waals surface area contributed by atoms with E-state index in [0.717, 1.165) is 18.8 Å². The predicted octanol–water partition coefficient (Wildman–Crippen LogP) is 4.25. The largest absolute Gasteiger partial charge is 0.497 e. The normalized spacial score (nSPS) is 26.0. The minimum absolute atomic E-state index is 0.201. The van der Waals surface area contributed by atoms with Crippen molar-refractivity contribution in [3.63, 3.8) is 0 Å². The lowest BCUT2D eigenvalue weighted by Crippen LogP contribution is -2.29. The number of fused-ring (bicyclic) bond motifs is 3. The van der Waals surface area contributed by atoms with Gasteiger partial charge >= 0.3 is 0 Å². The molecule has 22 heavy (non-hydrogen) atoms. The van der Waals surface area contributed by atoms with Gasteiger partial charge in [0.05, 0.1) is 19.3 Å². The van der Waals surface area contributed by atoms with Gasteiger partial charge < -0.3 is 14.8 Å². The van der Waals surface area contributed by atoms with Gasteiger partial charge in [0.25, 0.3) is 0 Å². The molecule has 2 heterocycles. The Morgan fingerprint density at radius 3 is 2.95 bits per heavy atom. The van der Waals surface area contributed by atoms with E-state index in [-0.39, 0.29) is 12.1 Å². The quantitative estimate of drug-likeness (QED) is 0.898. The Bertz CT molecular complexity index is 698. The van der Waals surface area contributed by atoms with Crippen LogP contribution in [0.5, 0.6) is 5.75 Å². The lowest BCUT2D eigenvalue weighted by atomic mass is 9.80. The van der Waals surface area contributed by atoms with Crippen LogP contribution in [0, 0.1) is 12.8 Å². The summed E-state index contributed by atoms with van der Waals surface area (Å²) in [6, 6.07) is 15.2. The summed E-state index contributed by atoms with van der Waals surface area (Å²) < 4.78 is 11.5. The molecule has 3 nitrogen and oxygen atoms in total. The van der Waals surface area contributed by atoms with E-state index in [9.17, 15) is 0 Å². The molecule has 1 fully saturated rings. The van der Waals surface area contributed by atoms with Crippen LogP contribution in [0.15, 0.2) is 42.5 Å². The smallest absolute Gasteiger partial charge is 0.119 e. The zero-order valence-corrected chi connectivity index (χ0v) is 13.0. The van der Waals surface area contributed by atoms with Gasteiger partial charge in [-0.05, 0) is 37.1 Å². The average Bonchev–Trinajstić information content (AvgIpc) is 3.04. The molecule has 2 aliphatic heterocycles. The summed E-state index contributed by atoms with van der Waals surface area (Å²) in [4.78, 5) is 0. The number of benzene rings is 2. The summed E-state index contributed by atoms with van der Waals surface area (Å²) in [7, 11) is 1.72. The Labute approximate surface area is 131 Å². The van der Waals surface area contributed by atoms with Gasteiger partial charge in [-0.1, -0.05) is 29.8 Å². The monoisotopic (exact) mass is 295 g/mol. The molecule has 0 aromatic heterocycles. The van der Waals surface area contributed by atoms with Crippen molar-refractivity contribution in [2.75, 3.05) is 19.0 Å². The summed E-state index contributed by atoms with van der Waals surface area (Å²) in [6.07, 6.45) is 1.29. The maximum atomic E-state index is 6.08. The first-order valence-corrected chi connectivity index (χ1v) is 7.89. The SMILES string of the molecule is COc1cccc(C2Nc3ccc(C)cc3[C@H]3OCC[C@@H]23)c1. The molecule has 3 atom stereocenters. The molecule has 1 unspecified atom stereocenters. The summed E-state index contributed by atoms with van der Waals surface area (Å²) in [6.45, 7) is 2.98. The van der Waals surface area contributed by atoms with Gasteiger partial charge in [0.15, 0.2) is 0 Å². The molecular formula is C19H21NO2. The second kappa shape index (κ2) is 5.33. The number of methoxy groups -OCH3 is 1. The third-order valence-electron chi connectivity index (χ3n) is 4.84. The Kier molecular flexibility index (Phi) is 3.30. The second-order valence-electron chi connectivity index (χ2n) is 6.23. The van der Waals surface area contributed by atoms with Gasteiger partial charge in [-0.15, -0.1) is 0 Å². The molecule has 2 aromatic rings. The van der Waals surface area contributed by atoms with Crippen molar-refractivity contribution >= 4 is 5.69 Å². The first-order valence-electron chi connectivity index (χ1n) is 7.89. The molecule has 0 amide bonds. The molecule has 2 aliphatic rings. The van der Waals surface area contributed by atoms with E-state index < -0.39 is 0 Å². The fourth-order valence-corrected chi connectivity index (χ4v) is 3.76. The average molecular weight is 295 g/mol. The summed E-state index contributed by atoms with van der Waals surface area (Å²) in [5.41, 5.74) is 5.06. The topological polar surface area (TPSA) is 30.5 Å². The lowest BCUT2D eigenvalue weighted by molar-refractivity contribution is 0.0828. The van der Waals surface area contributed by atoms with Crippen LogP contribution in [0.1, 0.15) is 35.3 Å². The van der Waals surface area contributed by atoms with E-state index in [1.165, 1.54) is 22.4 Å². The molecular weight excluding hydrogens is 274 g/mol. The number of ether oxygens (including phenoxy) is 2. The number of nitrogens with one attached hydrogen (secondary N) is 1. The first kappa shape index (κ1) is 13.6. The minimum atomic E-state index is 0.201. The van der Waals surface area contributed by atoms with Crippen molar-refractivity contribution in [1.82, 2.24) is 0 Å². The van der Waals surface area contributed by atoms with Crippen LogP contribution in [0.2, 0.25) is 0 Å². The first-order chi connectivity index (χ1) is 10.8. The molecule has 2 aromatic carbocycles. The van der Waals surface area contributed by atoms with Crippen molar-refractivity contribution < 1.29 is 9.47 Å². The Balaban J connectivity index is 1.76. The number of aryl methyl sites for hydroxylation is 1. The Morgan fingerprint density at radius 1 is 1.18 bits per heavy atom. The maximum absolute atomic E-state index is 6.08. The van der Waals surface area contributed by atoms with E-state index in [4.69, 9.17) is 9.47 Å². The van der Waals surface area contributed by atoms with Gasteiger partial charge in [-0.3, -0.25) is 0 Å². The standard InChI is InChI=1S/C19H21NO2/c1-12-6-7-17-16(10-12)19-15(8-9-22-19)18(20-17)13-4-3-5-14(11-13)21-2/h3-7,10-11,15,18-20H,8-9H2,1-2H3/t15-,18?,19-/m0/s1. The molecule has 0 saturated carbocycles. The van der Waals surface area contributed by atoms with Crippen LogP contribution in [0.25, 0.3) is 0 Å². The van der Waals surface area contributed by atoms with Gasteiger partial charge in [-0.25, -0.2) is 0 Å². The molecule has 0 spiro atoms. The minimum Gasteiger partial charge on any atom is -0.497 e. The number of hydrogen-bond donors (Lipinski definition) is 1. The molecule has 1 saturated heterocycles. The number of anilines is 1. The van der Waals surface area contributed by atoms with E-state index >= 15 is 0 Å². The second-order valence-corrected chi connectivity index (χ2v) is 6.23. The van der Waals surface area contributed by atoms with Crippen molar-refractivity contribution in [2.45, 2.75) is 25.5 Å². The van der Waals surface area contributed by atoms with Crippen molar-refractivity contribution in [3.8, 4) is 5.75 Å². The van der Waals surface area contributed by atoms with Gasteiger partial charge in [0.2, 0.25) is 0 Å². The fraction of sp³-hybridized carbons (Fsp3) is 0.368. The highest BCUT2D eigenvalue weighted by Crippen LogP contribution is 2.50. The van der Waals surface area contributed by atoms with Gasteiger partial charge in [0.1, 0.15) is 5.75 Å². The molecule has 114 valence electrons. The molecule has 3 heteroatoms. The molecule has 0 aliphatic carbocycles. The summed E-state index contributed by atoms with van der Waals surface area (Å²) in [5.74, 6) is 1.38. The Morgan fingerprint density at radius 2 is 2.09 bits per heavy atom. The number of hydrogen-bond acceptors (Lipinski definition) is 3. The summed E-state index contributed by atoms with van der Waals surface area (Å²) >= 11 is 0. The Hall–Kier alpha value is -2.00. The highest BCUT2D eigenvalue weighted by Gasteiger charge is 2.41. The highest BCUT2D eigenvalue weighted by atomic mass is 16.5. The lowest BCUT2D eigenvalue weighted by Gasteiger charge is -2.36. The van der Waals surface area contributed by atoms with Crippen LogP contribution in [-0.2, 0) is 4.74 Å². The van der Waals surface area contributed by atoms with Crippen molar-refractivity contribution in [2.24, 2.45) is 5.92 Å². The third-order valence-corrected chi connectivity index (χ3v) is 4.84. The van der Waals surface area contributed by atoms with E-state index in [1.54, 1.807) is 7.11 Å². The fourth-order valence-electron chi connectivity index (χ4n) is 3.76. The molecule has 4 rings (SSSR count). The van der Waals surface area contributed by atoms with Crippen LogP contribution in [0.3, 0.4) is 0 Å². The molecule has 0 radical (unpaired) electrons. The predicted molar refractivity (Wildman–Crippen MR) is 87.3 cm³/mol. The van der Waals surface area contributed by atoms with Crippen LogP contribution in [-0.4, -0.2) is 13.7 Å². The van der Waals surface area contributed by atoms with Gasteiger partial charge in [-0.2, -0.15) is 0 Å². The molecule has 1 N–H and O–H groups in total. The van der Waals surface area contributed by atoms with E-state index in [2.05, 4.69) is 48.6 Å². The van der Waals surface area contributed by atoms with Crippen LogP contribution >= 0.6 is 0 Å². The van der Waals surface area contributed by atoms with E-state index in [1.807, 2.05) is 6.07 Å². The van der Waals surface area contributed by atoms with E-state index in [0.29, 0.717) is 5.92 Å². The van der Waals surface area contributed by atoms with Crippen molar-refractivity contribution in [3.05, 3.63) is 59.2 Å². The molecule has 0 bridgehead atoms. The maximum Gasteiger partial charge on any atom is 0.119 e.